The van der Waals surface area contributed by atoms with Gasteiger partial charge in [-0.05, 0) is 12.1 Å². The van der Waals surface area contributed by atoms with Crippen LogP contribution < -0.4 is 0 Å². The van der Waals surface area contributed by atoms with Crippen LogP contribution in [0.2, 0.25) is 0 Å². The summed E-state index contributed by atoms with van der Waals surface area (Å²) in [5.74, 6) is -0.673. The van der Waals surface area contributed by atoms with Crippen LogP contribution in [-0.4, -0.2) is 91.2 Å². The van der Waals surface area contributed by atoms with Gasteiger partial charge in [0.2, 0.25) is 0 Å². The normalized spacial score (nSPS) is 10.7. The maximum Gasteiger partial charge on any atom is 0.338 e. The molecule has 0 radical (unpaired) electrons. The Kier molecular flexibility index (Phi) is 16.4. The van der Waals surface area contributed by atoms with E-state index in [0.29, 0.717) is 71.6 Å². The average molecular weight is 428 g/mol. The summed E-state index contributed by atoms with van der Waals surface area (Å²) in [6, 6.07) is 8.82. The fourth-order valence-corrected chi connectivity index (χ4v) is 2.08. The molecule has 1 aromatic rings. The first-order chi connectivity index (χ1) is 14.7. The number of benzene rings is 1. The predicted octanol–water partition coefficient (Wildman–Crippen LogP) is 1.49. The molecule has 30 heavy (non-hydrogen) atoms. The van der Waals surface area contributed by atoms with Gasteiger partial charge >= 0.3 is 11.9 Å². The van der Waals surface area contributed by atoms with Gasteiger partial charge in [-0.1, -0.05) is 18.2 Å². The first-order valence-electron chi connectivity index (χ1n) is 9.94. The van der Waals surface area contributed by atoms with E-state index < -0.39 is 0 Å². The van der Waals surface area contributed by atoms with Crippen molar-refractivity contribution in [3.63, 3.8) is 0 Å². The van der Waals surface area contributed by atoms with Crippen molar-refractivity contribution in [2.45, 2.75) is 6.92 Å². The second kappa shape index (κ2) is 19.0. The van der Waals surface area contributed by atoms with Crippen LogP contribution >= 0.6 is 0 Å². The summed E-state index contributed by atoms with van der Waals surface area (Å²) in [6.45, 7) is 6.13. The number of hydrogen-bond donors (Lipinski definition) is 0. The minimum absolute atomic E-state index is 0.202. The molecule has 9 nitrogen and oxygen atoms in total. The molecule has 0 aliphatic rings. The van der Waals surface area contributed by atoms with E-state index in [0.717, 1.165) is 0 Å². The maximum atomic E-state index is 11.7. The Bertz CT molecular complexity index is 551. The molecular formula is C21H32O9. The van der Waals surface area contributed by atoms with Crippen LogP contribution in [0.5, 0.6) is 0 Å². The molecular weight excluding hydrogens is 396 g/mol. The second-order valence-corrected chi connectivity index (χ2v) is 5.90. The van der Waals surface area contributed by atoms with Gasteiger partial charge in [-0.3, -0.25) is 4.79 Å². The van der Waals surface area contributed by atoms with Crippen molar-refractivity contribution in [2.75, 3.05) is 79.3 Å². The molecule has 0 saturated heterocycles. The predicted molar refractivity (Wildman–Crippen MR) is 107 cm³/mol. The molecule has 0 aromatic heterocycles. The molecule has 9 heteroatoms. The standard InChI is InChI=1S/C21H32O9/c1-19(22)29-17-15-27-13-11-25-9-7-24-8-10-26-12-14-28-16-18-30-21(23)20-5-3-2-4-6-20/h2-6H,7-18H2,1H3. The Morgan fingerprint density at radius 2 is 0.933 bits per heavy atom. The van der Waals surface area contributed by atoms with Crippen molar-refractivity contribution in [1.29, 1.82) is 0 Å². The molecule has 1 aromatic carbocycles. The molecule has 0 heterocycles. The van der Waals surface area contributed by atoms with Gasteiger partial charge in [0.15, 0.2) is 0 Å². The minimum atomic E-state index is -0.358. The lowest BCUT2D eigenvalue weighted by Gasteiger charge is -2.08. The molecule has 1 rings (SSSR count). The molecule has 0 saturated carbocycles. The third-order valence-corrected chi connectivity index (χ3v) is 3.49. The van der Waals surface area contributed by atoms with E-state index in [1.165, 1.54) is 6.92 Å². The number of carbonyl (C=O) groups is 2. The summed E-state index contributed by atoms with van der Waals surface area (Å²) in [5, 5.41) is 0. The van der Waals surface area contributed by atoms with Crippen LogP contribution in [0.25, 0.3) is 0 Å². The summed E-state index contributed by atoms with van der Waals surface area (Å²) in [6.07, 6.45) is 0. The van der Waals surface area contributed by atoms with E-state index in [9.17, 15) is 9.59 Å². The molecule has 0 aliphatic carbocycles. The highest BCUT2D eigenvalue weighted by Crippen LogP contribution is 2.00. The van der Waals surface area contributed by atoms with Gasteiger partial charge in [0.1, 0.15) is 13.2 Å². The third kappa shape index (κ3) is 15.8. The van der Waals surface area contributed by atoms with Crippen LogP contribution in [0.3, 0.4) is 0 Å². The fourth-order valence-electron chi connectivity index (χ4n) is 2.08. The molecule has 0 unspecified atom stereocenters. The number of hydrogen-bond acceptors (Lipinski definition) is 9. The Labute approximate surface area is 177 Å². The zero-order chi connectivity index (χ0) is 21.7. The minimum Gasteiger partial charge on any atom is -0.463 e. The number of ether oxygens (including phenoxy) is 7. The molecule has 0 spiro atoms. The van der Waals surface area contributed by atoms with Crippen LogP contribution in [0, 0.1) is 0 Å². The van der Waals surface area contributed by atoms with Gasteiger partial charge in [-0.15, -0.1) is 0 Å². The molecule has 0 bridgehead atoms. The van der Waals surface area contributed by atoms with E-state index in [4.69, 9.17) is 33.2 Å². The van der Waals surface area contributed by atoms with Crippen molar-refractivity contribution in [1.82, 2.24) is 0 Å². The molecule has 0 atom stereocenters. The number of esters is 2. The zero-order valence-corrected chi connectivity index (χ0v) is 17.5. The lowest BCUT2D eigenvalue weighted by molar-refractivity contribution is -0.142. The van der Waals surface area contributed by atoms with Gasteiger partial charge in [0.05, 0.1) is 71.6 Å². The summed E-state index contributed by atoms with van der Waals surface area (Å²) in [4.78, 5) is 22.2. The first-order valence-corrected chi connectivity index (χ1v) is 9.94. The van der Waals surface area contributed by atoms with Gasteiger partial charge < -0.3 is 33.2 Å². The van der Waals surface area contributed by atoms with Crippen LogP contribution in [0.1, 0.15) is 17.3 Å². The average Bonchev–Trinajstić information content (AvgIpc) is 2.75. The van der Waals surface area contributed by atoms with Gasteiger partial charge in [-0.2, -0.15) is 0 Å². The van der Waals surface area contributed by atoms with E-state index in [1.54, 1.807) is 24.3 Å². The van der Waals surface area contributed by atoms with Crippen LogP contribution in [0.4, 0.5) is 0 Å². The summed E-state index contributed by atoms with van der Waals surface area (Å²) in [7, 11) is 0. The second-order valence-electron chi connectivity index (χ2n) is 5.90. The molecule has 0 amide bonds. The molecule has 0 N–H and O–H groups in total. The number of carbonyl (C=O) groups excluding carboxylic acids is 2. The van der Waals surface area contributed by atoms with E-state index in [2.05, 4.69) is 0 Å². The summed E-state index contributed by atoms with van der Waals surface area (Å²) >= 11 is 0. The summed E-state index contributed by atoms with van der Waals surface area (Å²) in [5.41, 5.74) is 0.524. The summed E-state index contributed by atoms with van der Waals surface area (Å²) < 4.78 is 36.5. The Hall–Kier alpha value is -2.04. The van der Waals surface area contributed by atoms with Crippen molar-refractivity contribution in [2.24, 2.45) is 0 Å². The fraction of sp³-hybridized carbons (Fsp3) is 0.619. The Morgan fingerprint density at radius 1 is 0.567 bits per heavy atom. The van der Waals surface area contributed by atoms with Gasteiger partial charge in [0.25, 0.3) is 0 Å². The largest absolute Gasteiger partial charge is 0.463 e. The highest BCUT2D eigenvalue weighted by molar-refractivity contribution is 5.89. The van der Waals surface area contributed by atoms with Crippen molar-refractivity contribution >= 4 is 11.9 Å². The van der Waals surface area contributed by atoms with Crippen molar-refractivity contribution in [3.8, 4) is 0 Å². The maximum absolute atomic E-state index is 11.7. The van der Waals surface area contributed by atoms with E-state index >= 15 is 0 Å². The van der Waals surface area contributed by atoms with E-state index in [-0.39, 0.29) is 25.2 Å². The quantitative estimate of drug-likeness (QED) is 0.240. The SMILES string of the molecule is CC(=O)OCCOCCOCCOCCOCCOCCOC(=O)c1ccccc1. The Morgan fingerprint density at radius 3 is 1.33 bits per heavy atom. The monoisotopic (exact) mass is 428 g/mol. The lowest BCUT2D eigenvalue weighted by atomic mass is 10.2. The molecule has 0 fully saturated rings. The Balaban J connectivity index is 1.73. The van der Waals surface area contributed by atoms with Crippen molar-refractivity contribution in [3.05, 3.63) is 35.9 Å². The van der Waals surface area contributed by atoms with Crippen molar-refractivity contribution < 1.29 is 42.7 Å². The van der Waals surface area contributed by atoms with Gasteiger partial charge in [-0.25, -0.2) is 4.79 Å². The first kappa shape index (κ1) is 26.0. The smallest absolute Gasteiger partial charge is 0.338 e. The van der Waals surface area contributed by atoms with E-state index in [1.807, 2.05) is 6.07 Å². The van der Waals surface area contributed by atoms with Gasteiger partial charge in [0, 0.05) is 6.92 Å². The highest BCUT2D eigenvalue weighted by atomic mass is 16.6. The number of rotatable bonds is 19. The molecule has 0 aliphatic heterocycles. The topological polar surface area (TPSA) is 98.8 Å². The lowest BCUT2D eigenvalue weighted by Crippen LogP contribution is -2.15. The highest BCUT2D eigenvalue weighted by Gasteiger charge is 2.04. The van der Waals surface area contributed by atoms with Crippen LogP contribution in [-0.2, 0) is 38.0 Å². The zero-order valence-electron chi connectivity index (χ0n) is 17.5. The molecule has 170 valence electrons. The third-order valence-electron chi connectivity index (χ3n) is 3.49. The van der Waals surface area contributed by atoms with Crippen LogP contribution in [0.15, 0.2) is 30.3 Å².